The standard InChI is InChI=1S/C15H17NO4/c1-16(11-6-2-3-7-11)14(17)10-20-13-9-5-4-8-12(13)15(18)19/h4-6,8-9H,2-3,7,10H2,1H3,(H,18,19). The average Bonchev–Trinajstić information content (AvgIpc) is 2.98. The third kappa shape index (κ3) is 3.17. The van der Waals surface area contributed by atoms with Gasteiger partial charge in [-0.3, -0.25) is 4.79 Å². The molecule has 0 aliphatic heterocycles. The molecule has 1 amide bonds. The van der Waals surface area contributed by atoms with E-state index in [9.17, 15) is 9.59 Å². The maximum atomic E-state index is 12.0. The number of allylic oxidation sites excluding steroid dienone is 2. The van der Waals surface area contributed by atoms with E-state index in [1.54, 1.807) is 30.1 Å². The third-order valence-corrected chi connectivity index (χ3v) is 3.29. The summed E-state index contributed by atoms with van der Waals surface area (Å²) in [5.41, 5.74) is 1.06. The normalized spacial score (nSPS) is 13.8. The second kappa shape index (κ2) is 6.23. The highest BCUT2D eigenvalue weighted by molar-refractivity contribution is 5.91. The van der Waals surface area contributed by atoms with Crippen molar-refractivity contribution in [1.29, 1.82) is 0 Å². The zero-order valence-electron chi connectivity index (χ0n) is 11.3. The van der Waals surface area contributed by atoms with Gasteiger partial charge in [-0.25, -0.2) is 4.79 Å². The van der Waals surface area contributed by atoms with Gasteiger partial charge in [0, 0.05) is 12.7 Å². The Balaban J connectivity index is 1.98. The van der Waals surface area contributed by atoms with E-state index in [0.29, 0.717) is 0 Å². The Morgan fingerprint density at radius 1 is 1.35 bits per heavy atom. The molecule has 0 unspecified atom stereocenters. The van der Waals surface area contributed by atoms with Gasteiger partial charge in [0.1, 0.15) is 11.3 Å². The first-order valence-electron chi connectivity index (χ1n) is 6.50. The van der Waals surface area contributed by atoms with E-state index in [1.165, 1.54) is 6.07 Å². The second-order valence-electron chi connectivity index (χ2n) is 4.63. The first kappa shape index (κ1) is 14.1. The van der Waals surface area contributed by atoms with Crippen molar-refractivity contribution in [2.75, 3.05) is 13.7 Å². The van der Waals surface area contributed by atoms with Crippen LogP contribution in [0, 0.1) is 0 Å². The van der Waals surface area contributed by atoms with Gasteiger partial charge in [-0.1, -0.05) is 18.2 Å². The molecule has 1 N–H and O–H groups in total. The van der Waals surface area contributed by atoms with Crippen molar-refractivity contribution in [2.45, 2.75) is 19.3 Å². The van der Waals surface area contributed by atoms with Crippen LogP contribution in [0.4, 0.5) is 0 Å². The highest BCUT2D eigenvalue weighted by Crippen LogP contribution is 2.21. The van der Waals surface area contributed by atoms with Crippen LogP contribution < -0.4 is 4.74 Å². The topological polar surface area (TPSA) is 66.8 Å². The van der Waals surface area contributed by atoms with Crippen molar-refractivity contribution in [3.63, 3.8) is 0 Å². The fraction of sp³-hybridized carbons (Fsp3) is 0.333. The van der Waals surface area contributed by atoms with Crippen LogP contribution in [0.2, 0.25) is 0 Å². The first-order valence-corrected chi connectivity index (χ1v) is 6.50. The van der Waals surface area contributed by atoms with Crippen molar-refractivity contribution in [3.05, 3.63) is 41.6 Å². The summed E-state index contributed by atoms with van der Waals surface area (Å²) in [6.07, 6.45) is 5.00. The monoisotopic (exact) mass is 275 g/mol. The molecule has 0 bridgehead atoms. The second-order valence-corrected chi connectivity index (χ2v) is 4.63. The number of hydrogen-bond donors (Lipinski definition) is 1. The number of ether oxygens (including phenoxy) is 1. The van der Waals surface area contributed by atoms with Crippen LogP contribution >= 0.6 is 0 Å². The van der Waals surface area contributed by atoms with E-state index in [2.05, 4.69) is 0 Å². The van der Waals surface area contributed by atoms with E-state index in [1.807, 2.05) is 6.08 Å². The maximum absolute atomic E-state index is 12.0. The number of hydrogen-bond acceptors (Lipinski definition) is 3. The summed E-state index contributed by atoms with van der Waals surface area (Å²) in [5, 5.41) is 9.03. The highest BCUT2D eigenvalue weighted by Gasteiger charge is 2.17. The van der Waals surface area contributed by atoms with Gasteiger partial charge in [-0.05, 0) is 31.4 Å². The molecule has 0 atom stereocenters. The number of carbonyl (C=O) groups excluding carboxylic acids is 1. The molecule has 0 heterocycles. The molecule has 5 nitrogen and oxygen atoms in total. The molecule has 0 aromatic heterocycles. The molecular weight excluding hydrogens is 258 g/mol. The van der Waals surface area contributed by atoms with Gasteiger partial charge in [-0.15, -0.1) is 0 Å². The Bertz CT molecular complexity index is 551. The van der Waals surface area contributed by atoms with Crippen LogP contribution in [0.3, 0.4) is 0 Å². The molecule has 0 fully saturated rings. The Morgan fingerprint density at radius 3 is 2.75 bits per heavy atom. The van der Waals surface area contributed by atoms with Crippen molar-refractivity contribution in [2.24, 2.45) is 0 Å². The smallest absolute Gasteiger partial charge is 0.339 e. The summed E-state index contributed by atoms with van der Waals surface area (Å²) in [7, 11) is 1.71. The minimum absolute atomic E-state index is 0.0584. The van der Waals surface area contributed by atoms with E-state index >= 15 is 0 Å². The fourth-order valence-electron chi connectivity index (χ4n) is 2.12. The van der Waals surface area contributed by atoms with E-state index in [-0.39, 0.29) is 23.8 Å². The Hall–Kier alpha value is -2.30. The molecule has 1 aromatic carbocycles. The van der Waals surface area contributed by atoms with Gasteiger partial charge in [0.25, 0.3) is 5.91 Å². The lowest BCUT2D eigenvalue weighted by molar-refractivity contribution is -0.130. The molecule has 0 saturated heterocycles. The predicted molar refractivity (Wildman–Crippen MR) is 73.6 cm³/mol. The van der Waals surface area contributed by atoms with E-state index in [4.69, 9.17) is 9.84 Å². The molecule has 1 aliphatic carbocycles. The lowest BCUT2D eigenvalue weighted by atomic mass is 10.2. The van der Waals surface area contributed by atoms with Crippen molar-refractivity contribution < 1.29 is 19.4 Å². The third-order valence-electron chi connectivity index (χ3n) is 3.29. The number of nitrogens with zero attached hydrogens (tertiary/aromatic N) is 1. The number of carbonyl (C=O) groups is 2. The van der Waals surface area contributed by atoms with Gasteiger partial charge in [0.2, 0.25) is 0 Å². The summed E-state index contributed by atoms with van der Waals surface area (Å²) in [5.74, 6) is -1.04. The molecular formula is C15H17NO4. The minimum atomic E-state index is -1.07. The number of benzene rings is 1. The van der Waals surface area contributed by atoms with Gasteiger partial charge < -0.3 is 14.7 Å². The van der Waals surface area contributed by atoms with Crippen LogP contribution in [0.5, 0.6) is 5.75 Å². The largest absolute Gasteiger partial charge is 0.483 e. The van der Waals surface area contributed by atoms with Gasteiger partial charge >= 0.3 is 5.97 Å². The van der Waals surface area contributed by atoms with Crippen molar-refractivity contribution in [3.8, 4) is 5.75 Å². The number of rotatable bonds is 5. The van der Waals surface area contributed by atoms with Crippen molar-refractivity contribution >= 4 is 11.9 Å². The van der Waals surface area contributed by atoms with Crippen LogP contribution in [-0.2, 0) is 4.79 Å². The lowest BCUT2D eigenvalue weighted by Gasteiger charge is -2.19. The molecule has 1 aliphatic rings. The average molecular weight is 275 g/mol. The van der Waals surface area contributed by atoms with Crippen LogP contribution in [0.25, 0.3) is 0 Å². The number of carboxylic acids is 1. The zero-order chi connectivity index (χ0) is 14.5. The van der Waals surface area contributed by atoms with Gasteiger partial charge in [-0.2, -0.15) is 0 Å². The quantitative estimate of drug-likeness (QED) is 0.895. The molecule has 106 valence electrons. The van der Waals surface area contributed by atoms with E-state index in [0.717, 1.165) is 25.0 Å². The fourth-order valence-corrected chi connectivity index (χ4v) is 2.12. The summed E-state index contributed by atoms with van der Waals surface area (Å²) in [4.78, 5) is 24.6. The van der Waals surface area contributed by atoms with Gasteiger partial charge in [0.15, 0.2) is 6.61 Å². The molecule has 0 spiro atoms. The molecule has 2 rings (SSSR count). The SMILES string of the molecule is CN(C(=O)COc1ccccc1C(=O)O)C1=CCCC1. The molecule has 0 saturated carbocycles. The van der Waals surface area contributed by atoms with Crippen LogP contribution in [-0.4, -0.2) is 35.5 Å². The Labute approximate surface area is 117 Å². The summed E-state index contributed by atoms with van der Waals surface area (Å²) in [6.45, 7) is -0.169. The maximum Gasteiger partial charge on any atom is 0.339 e. The molecule has 1 aromatic rings. The van der Waals surface area contributed by atoms with Crippen molar-refractivity contribution in [1.82, 2.24) is 4.90 Å². The van der Waals surface area contributed by atoms with Crippen LogP contribution in [0.1, 0.15) is 29.6 Å². The predicted octanol–water partition coefficient (Wildman–Crippen LogP) is 2.29. The summed E-state index contributed by atoms with van der Waals surface area (Å²) < 4.78 is 5.34. The minimum Gasteiger partial charge on any atom is -0.483 e. The number of amides is 1. The lowest BCUT2D eigenvalue weighted by Crippen LogP contribution is -2.30. The number of para-hydroxylation sites is 1. The number of likely N-dealkylation sites (N-methyl/N-ethyl adjacent to an activating group) is 1. The zero-order valence-corrected chi connectivity index (χ0v) is 11.3. The number of carboxylic acid groups (broad SMARTS) is 1. The van der Waals surface area contributed by atoms with Gasteiger partial charge in [0.05, 0.1) is 0 Å². The Kier molecular flexibility index (Phi) is 4.40. The number of aromatic carboxylic acids is 1. The Morgan fingerprint density at radius 2 is 2.10 bits per heavy atom. The van der Waals surface area contributed by atoms with E-state index < -0.39 is 5.97 Å². The molecule has 5 heteroatoms. The summed E-state index contributed by atoms with van der Waals surface area (Å²) >= 11 is 0. The van der Waals surface area contributed by atoms with Crippen LogP contribution in [0.15, 0.2) is 36.0 Å². The highest BCUT2D eigenvalue weighted by atomic mass is 16.5. The first-order chi connectivity index (χ1) is 9.59. The summed E-state index contributed by atoms with van der Waals surface area (Å²) in [6, 6.07) is 6.29. The molecule has 0 radical (unpaired) electrons. The molecule has 20 heavy (non-hydrogen) atoms.